The quantitative estimate of drug-likeness (QED) is 0.652. The Morgan fingerprint density at radius 3 is 2.24 bits per heavy atom. The molecule has 1 aromatic rings. The first-order valence-electron chi connectivity index (χ1n) is 7.07. The van der Waals surface area contributed by atoms with Gasteiger partial charge in [0.25, 0.3) is 0 Å². The minimum Gasteiger partial charge on any atom is -0.389 e. The average molecular weight is 309 g/mol. The Hall–Kier alpha value is -1.76. The van der Waals surface area contributed by atoms with Crippen molar-refractivity contribution in [1.29, 1.82) is 0 Å². The van der Waals surface area contributed by atoms with Gasteiger partial charge in [-0.1, -0.05) is 39.9 Å². The molecule has 0 spiro atoms. The molecule has 5 N–H and O–H groups in total. The van der Waals surface area contributed by atoms with Gasteiger partial charge in [0.05, 0.1) is 11.3 Å². The normalized spacial score (nSPS) is 12.2. The summed E-state index contributed by atoms with van der Waals surface area (Å²) in [4.78, 5) is 11.8. The van der Waals surface area contributed by atoms with Crippen LogP contribution in [0.15, 0.2) is 0 Å². The Morgan fingerprint density at radius 2 is 1.86 bits per heavy atom. The van der Waals surface area contributed by atoms with Crippen molar-refractivity contribution in [3.05, 3.63) is 16.8 Å². The molecular formula is C14H23N5OS. The van der Waals surface area contributed by atoms with Crippen molar-refractivity contribution in [1.82, 2.24) is 10.2 Å². The molecule has 1 aromatic heterocycles. The molecule has 116 valence electrons. The van der Waals surface area contributed by atoms with Crippen molar-refractivity contribution in [3.8, 4) is 0 Å². The molecule has 0 aliphatic carbocycles. The Labute approximate surface area is 130 Å². The summed E-state index contributed by atoms with van der Waals surface area (Å²) in [6.45, 7) is 7.81. The highest BCUT2D eigenvalue weighted by atomic mass is 32.1. The van der Waals surface area contributed by atoms with Gasteiger partial charge in [0.2, 0.25) is 5.91 Å². The zero-order valence-electron chi connectivity index (χ0n) is 12.9. The van der Waals surface area contributed by atoms with Crippen LogP contribution >= 0.6 is 12.2 Å². The van der Waals surface area contributed by atoms with Gasteiger partial charge in [-0.25, -0.2) is 0 Å². The Kier molecular flexibility index (Phi) is 6.02. The van der Waals surface area contributed by atoms with E-state index in [9.17, 15) is 4.79 Å². The van der Waals surface area contributed by atoms with Crippen molar-refractivity contribution in [2.45, 2.75) is 46.6 Å². The Balaban J connectivity index is 3.36. The summed E-state index contributed by atoms with van der Waals surface area (Å²) < 4.78 is 0. The van der Waals surface area contributed by atoms with Gasteiger partial charge < -0.3 is 16.8 Å². The van der Waals surface area contributed by atoms with E-state index in [1.165, 1.54) is 0 Å². The predicted octanol–water partition coefficient (Wildman–Crippen LogP) is 1.16. The number of nitrogens with two attached hydrogens (primary N) is 2. The molecular weight excluding hydrogens is 286 g/mol. The SMILES string of the molecule is CCc1nnc(NC(C(N)=O)C(C)C)c(C(N)=S)c1CC. The topological polar surface area (TPSA) is 107 Å². The number of nitrogens with one attached hydrogen (secondary N) is 1. The molecule has 0 bridgehead atoms. The molecule has 21 heavy (non-hydrogen) atoms. The van der Waals surface area contributed by atoms with Gasteiger partial charge in [0, 0.05) is 0 Å². The van der Waals surface area contributed by atoms with Gasteiger partial charge >= 0.3 is 0 Å². The number of hydrogen-bond acceptors (Lipinski definition) is 5. The van der Waals surface area contributed by atoms with Gasteiger partial charge in [-0.2, -0.15) is 5.10 Å². The van der Waals surface area contributed by atoms with Crippen LogP contribution in [0.4, 0.5) is 5.82 Å². The first-order chi connectivity index (χ1) is 9.83. The lowest BCUT2D eigenvalue weighted by atomic mass is 10.0. The monoisotopic (exact) mass is 309 g/mol. The van der Waals surface area contributed by atoms with Gasteiger partial charge in [0.1, 0.15) is 11.0 Å². The number of primary amides is 1. The van der Waals surface area contributed by atoms with Crippen molar-refractivity contribution in [2.75, 3.05) is 5.32 Å². The highest BCUT2D eigenvalue weighted by Gasteiger charge is 2.24. The number of anilines is 1. The summed E-state index contributed by atoms with van der Waals surface area (Å²) in [6, 6.07) is -0.551. The van der Waals surface area contributed by atoms with Crippen LogP contribution in [-0.2, 0) is 17.6 Å². The summed E-state index contributed by atoms with van der Waals surface area (Å²) in [5.41, 5.74) is 13.8. The summed E-state index contributed by atoms with van der Waals surface area (Å²) >= 11 is 5.15. The van der Waals surface area contributed by atoms with Gasteiger partial charge in [-0.05, 0) is 24.3 Å². The second-order valence-corrected chi connectivity index (χ2v) is 5.63. The van der Waals surface area contributed by atoms with Crippen LogP contribution in [0.5, 0.6) is 0 Å². The minimum atomic E-state index is -0.551. The highest BCUT2D eigenvalue weighted by Crippen LogP contribution is 2.22. The van der Waals surface area contributed by atoms with Crippen LogP contribution in [0.2, 0.25) is 0 Å². The van der Waals surface area contributed by atoms with E-state index in [4.69, 9.17) is 23.7 Å². The second kappa shape index (κ2) is 7.31. The van der Waals surface area contributed by atoms with Crippen molar-refractivity contribution < 1.29 is 4.79 Å². The van der Waals surface area contributed by atoms with Crippen molar-refractivity contribution in [3.63, 3.8) is 0 Å². The lowest BCUT2D eigenvalue weighted by Crippen LogP contribution is -2.40. The van der Waals surface area contributed by atoms with E-state index in [2.05, 4.69) is 15.5 Å². The van der Waals surface area contributed by atoms with Crippen LogP contribution in [0, 0.1) is 5.92 Å². The number of aromatic nitrogens is 2. The average Bonchev–Trinajstić information content (AvgIpc) is 2.42. The maximum atomic E-state index is 11.6. The third kappa shape index (κ3) is 3.87. The molecule has 1 heterocycles. The molecule has 0 aliphatic rings. The third-order valence-corrected chi connectivity index (χ3v) is 3.56. The number of rotatable bonds is 7. The lowest BCUT2D eigenvalue weighted by Gasteiger charge is -2.22. The van der Waals surface area contributed by atoms with Crippen LogP contribution < -0.4 is 16.8 Å². The van der Waals surface area contributed by atoms with E-state index in [1.54, 1.807) is 0 Å². The molecule has 0 radical (unpaired) electrons. The van der Waals surface area contributed by atoms with Crippen molar-refractivity contribution >= 4 is 28.9 Å². The minimum absolute atomic E-state index is 0.0134. The van der Waals surface area contributed by atoms with E-state index < -0.39 is 11.9 Å². The molecule has 1 amide bonds. The molecule has 0 saturated carbocycles. The maximum Gasteiger partial charge on any atom is 0.240 e. The summed E-state index contributed by atoms with van der Waals surface area (Å²) in [6.07, 6.45) is 1.48. The first kappa shape index (κ1) is 17.3. The molecule has 0 saturated heterocycles. The van der Waals surface area contributed by atoms with E-state index in [1.807, 2.05) is 27.7 Å². The van der Waals surface area contributed by atoms with Crippen LogP contribution in [0.25, 0.3) is 0 Å². The number of amides is 1. The zero-order chi connectivity index (χ0) is 16.2. The van der Waals surface area contributed by atoms with E-state index in [0.717, 1.165) is 24.1 Å². The Morgan fingerprint density at radius 1 is 1.24 bits per heavy atom. The summed E-state index contributed by atoms with van der Waals surface area (Å²) in [5.74, 6) is -0.00761. The van der Waals surface area contributed by atoms with E-state index >= 15 is 0 Å². The fourth-order valence-electron chi connectivity index (χ4n) is 2.25. The van der Waals surface area contributed by atoms with E-state index in [0.29, 0.717) is 11.4 Å². The molecule has 0 aliphatic heterocycles. The molecule has 1 atom stereocenters. The smallest absolute Gasteiger partial charge is 0.240 e. The number of thiocarbonyl (C=S) groups is 1. The largest absolute Gasteiger partial charge is 0.389 e. The fourth-order valence-corrected chi connectivity index (χ4v) is 2.47. The summed E-state index contributed by atoms with van der Waals surface area (Å²) in [5, 5.41) is 11.4. The Bertz CT molecular complexity index is 544. The molecule has 0 aromatic carbocycles. The number of hydrogen-bond donors (Lipinski definition) is 3. The molecule has 7 heteroatoms. The van der Waals surface area contributed by atoms with Crippen LogP contribution in [-0.4, -0.2) is 27.1 Å². The van der Waals surface area contributed by atoms with E-state index in [-0.39, 0.29) is 10.9 Å². The zero-order valence-corrected chi connectivity index (χ0v) is 13.8. The number of nitrogens with zero attached hydrogens (tertiary/aromatic N) is 2. The first-order valence-corrected chi connectivity index (χ1v) is 7.48. The number of carbonyl (C=O) groups excluding carboxylic acids is 1. The second-order valence-electron chi connectivity index (χ2n) is 5.19. The van der Waals surface area contributed by atoms with Gasteiger partial charge in [0.15, 0.2) is 5.82 Å². The third-order valence-electron chi connectivity index (χ3n) is 3.36. The maximum absolute atomic E-state index is 11.6. The molecule has 1 rings (SSSR count). The van der Waals surface area contributed by atoms with Gasteiger partial charge in [-0.15, -0.1) is 5.10 Å². The van der Waals surface area contributed by atoms with Gasteiger partial charge in [-0.3, -0.25) is 4.79 Å². The standard InChI is InChI=1S/C14H23N5OS/c1-5-8-9(6-2)18-19-14(10(8)13(16)21)17-11(7(3)4)12(15)20/h7,11H,5-6H2,1-4H3,(H2,15,20)(H2,16,21)(H,17,19). The highest BCUT2D eigenvalue weighted by molar-refractivity contribution is 7.80. The molecule has 1 unspecified atom stereocenters. The van der Waals surface area contributed by atoms with Crippen LogP contribution in [0.3, 0.4) is 0 Å². The molecule has 6 nitrogen and oxygen atoms in total. The number of aryl methyl sites for hydroxylation is 1. The summed E-state index contributed by atoms with van der Waals surface area (Å²) in [7, 11) is 0. The molecule has 0 fully saturated rings. The fraction of sp³-hybridized carbons (Fsp3) is 0.571. The van der Waals surface area contributed by atoms with Crippen molar-refractivity contribution in [2.24, 2.45) is 17.4 Å². The number of carbonyl (C=O) groups is 1. The van der Waals surface area contributed by atoms with Crippen LogP contribution in [0.1, 0.15) is 44.5 Å². The predicted molar refractivity (Wildman–Crippen MR) is 88.1 cm³/mol. The lowest BCUT2D eigenvalue weighted by molar-refractivity contribution is -0.119.